The van der Waals surface area contributed by atoms with Gasteiger partial charge in [-0.25, -0.2) is 0 Å². The topological polar surface area (TPSA) is 64.2 Å². The molecule has 0 saturated carbocycles. The van der Waals surface area contributed by atoms with Gasteiger partial charge in [0.25, 0.3) is 0 Å². The van der Waals surface area contributed by atoms with Gasteiger partial charge in [0.1, 0.15) is 17.6 Å². The van der Waals surface area contributed by atoms with Gasteiger partial charge in [-0.15, -0.1) is 0 Å². The molecule has 0 spiro atoms. The maximum absolute atomic E-state index is 8.90. The number of nitrogens with zero attached hydrogens (tertiary/aromatic N) is 1. The van der Waals surface area contributed by atoms with Crippen LogP contribution in [-0.4, -0.2) is 10.2 Å². The molecule has 0 radical (unpaired) electrons. The minimum Gasteiger partial charge on any atom is -0.508 e. The van der Waals surface area contributed by atoms with E-state index in [0.29, 0.717) is 0 Å². The minimum absolute atomic E-state index is 0. The molecule has 3 nitrogen and oxygen atoms in total. The number of hydrogen-bond donors (Lipinski definition) is 2. The van der Waals surface area contributed by atoms with Crippen LogP contribution in [0.25, 0.3) is 0 Å². The summed E-state index contributed by atoms with van der Waals surface area (Å²) in [4.78, 5) is 0. The van der Waals surface area contributed by atoms with Crippen molar-refractivity contribution in [1.29, 1.82) is 5.26 Å². The number of hydrogen-bond acceptors (Lipinski definition) is 3. The molecule has 0 aliphatic heterocycles. The molecule has 0 heterocycles. The number of rotatable bonds is 0. The molecule has 0 aromatic heterocycles. The van der Waals surface area contributed by atoms with Crippen molar-refractivity contribution in [2.45, 2.75) is 14.9 Å². The molecule has 1 aromatic rings. The summed E-state index contributed by atoms with van der Waals surface area (Å²) in [6.45, 7) is 0. The molecule has 1 rings (SSSR count). The van der Waals surface area contributed by atoms with Gasteiger partial charge < -0.3 is 10.2 Å². The van der Waals surface area contributed by atoms with Crippen LogP contribution < -0.4 is 0 Å². The molecule has 1 aromatic carbocycles. The van der Waals surface area contributed by atoms with Crippen LogP contribution in [0.3, 0.4) is 0 Å². The first-order valence-corrected chi connectivity index (χ1v) is 2.66. The van der Waals surface area contributed by atoms with Gasteiger partial charge in [-0.05, 0) is 12.1 Å². The summed E-state index contributed by atoms with van der Waals surface area (Å²) in [7, 11) is 0. The highest BCUT2D eigenvalue weighted by molar-refractivity contribution is 5.45. The standard InChI is InChI=1S/C7H5NO2.2CH4/c8-4-5-3-6(9)1-2-7(5)10;;/h1-3,9-10H;2*1H4. The Bertz CT molecular complexity index is 289. The first-order chi connectivity index (χ1) is 4.74. The van der Waals surface area contributed by atoms with Crippen LogP contribution in [0.1, 0.15) is 20.4 Å². The third-order valence-electron chi connectivity index (χ3n) is 1.10. The van der Waals surface area contributed by atoms with Gasteiger partial charge in [0.15, 0.2) is 0 Å². The second-order valence-corrected chi connectivity index (χ2v) is 1.81. The van der Waals surface area contributed by atoms with Crippen molar-refractivity contribution in [3.63, 3.8) is 0 Å². The second-order valence-electron chi connectivity index (χ2n) is 1.81. The predicted octanol–water partition coefficient (Wildman–Crippen LogP) is 2.24. The summed E-state index contributed by atoms with van der Waals surface area (Å²) in [6.07, 6.45) is 0. The normalized spacial score (nSPS) is 7.25. The first kappa shape index (κ1) is 12.9. The summed E-state index contributed by atoms with van der Waals surface area (Å²) in [5.41, 5.74) is 0.0833. The third kappa shape index (κ3) is 2.51. The highest BCUT2D eigenvalue weighted by Crippen LogP contribution is 2.20. The molecular weight excluding hydrogens is 154 g/mol. The van der Waals surface area contributed by atoms with Gasteiger partial charge in [0, 0.05) is 6.07 Å². The van der Waals surface area contributed by atoms with Crippen molar-refractivity contribution in [1.82, 2.24) is 0 Å². The molecule has 0 amide bonds. The number of phenols is 2. The molecule has 0 aliphatic carbocycles. The molecule has 12 heavy (non-hydrogen) atoms. The van der Waals surface area contributed by atoms with Crippen LogP contribution >= 0.6 is 0 Å². The molecular formula is C9H13NO2. The molecule has 0 fully saturated rings. The predicted molar refractivity (Wildman–Crippen MR) is 47.9 cm³/mol. The van der Waals surface area contributed by atoms with Gasteiger partial charge in [0.05, 0.1) is 5.56 Å². The fourth-order valence-corrected chi connectivity index (χ4v) is 0.614. The van der Waals surface area contributed by atoms with Crippen molar-refractivity contribution >= 4 is 0 Å². The molecule has 0 unspecified atom stereocenters. The fraction of sp³-hybridized carbons (Fsp3) is 0.222. The summed E-state index contributed by atoms with van der Waals surface area (Å²) in [5, 5.41) is 26.0. The fourth-order valence-electron chi connectivity index (χ4n) is 0.614. The first-order valence-electron chi connectivity index (χ1n) is 2.66. The van der Waals surface area contributed by atoms with E-state index in [1.165, 1.54) is 18.2 Å². The second kappa shape index (κ2) is 5.03. The number of nitriles is 1. The van der Waals surface area contributed by atoms with Crippen LogP contribution in [0.15, 0.2) is 18.2 Å². The Morgan fingerprint density at radius 3 is 2.17 bits per heavy atom. The zero-order valence-corrected chi connectivity index (χ0v) is 5.07. The monoisotopic (exact) mass is 167 g/mol. The zero-order valence-electron chi connectivity index (χ0n) is 5.07. The Balaban J connectivity index is 0. The number of phenolic OH excluding ortho intramolecular Hbond substituents is 2. The Kier molecular flexibility index (Phi) is 5.42. The minimum atomic E-state index is -0.111. The Labute approximate surface area is 72.5 Å². The van der Waals surface area contributed by atoms with Crippen LogP contribution in [0, 0.1) is 11.3 Å². The highest BCUT2D eigenvalue weighted by Gasteiger charge is 1.98. The average Bonchev–Trinajstić information content (AvgIpc) is 1.94. The summed E-state index contributed by atoms with van der Waals surface area (Å²) in [6, 6.07) is 5.52. The Morgan fingerprint density at radius 2 is 1.75 bits per heavy atom. The van der Waals surface area contributed by atoms with Gasteiger partial charge in [-0.3, -0.25) is 0 Å². The van der Waals surface area contributed by atoms with E-state index in [0.717, 1.165) is 0 Å². The Hall–Kier alpha value is -1.69. The van der Waals surface area contributed by atoms with E-state index < -0.39 is 0 Å². The van der Waals surface area contributed by atoms with Crippen LogP contribution in [-0.2, 0) is 0 Å². The number of aromatic hydroxyl groups is 2. The van der Waals surface area contributed by atoms with Gasteiger partial charge >= 0.3 is 0 Å². The lowest BCUT2D eigenvalue weighted by molar-refractivity contribution is 0.459. The van der Waals surface area contributed by atoms with E-state index in [9.17, 15) is 0 Å². The lowest BCUT2D eigenvalue weighted by atomic mass is 10.2. The quantitative estimate of drug-likeness (QED) is 0.582. The van der Waals surface area contributed by atoms with Crippen molar-refractivity contribution in [3.8, 4) is 17.6 Å². The molecule has 0 atom stereocenters. The van der Waals surface area contributed by atoms with E-state index in [2.05, 4.69) is 0 Å². The van der Waals surface area contributed by atoms with Crippen molar-refractivity contribution in [2.75, 3.05) is 0 Å². The summed E-state index contributed by atoms with van der Waals surface area (Å²) in [5.74, 6) is -0.130. The van der Waals surface area contributed by atoms with Crippen molar-refractivity contribution in [2.24, 2.45) is 0 Å². The average molecular weight is 167 g/mol. The van der Waals surface area contributed by atoms with E-state index in [1.54, 1.807) is 6.07 Å². The van der Waals surface area contributed by atoms with Crippen molar-refractivity contribution in [3.05, 3.63) is 23.8 Å². The van der Waals surface area contributed by atoms with Gasteiger partial charge in [-0.1, -0.05) is 14.9 Å². The van der Waals surface area contributed by atoms with Crippen LogP contribution in [0.2, 0.25) is 0 Å². The van der Waals surface area contributed by atoms with E-state index in [4.69, 9.17) is 15.5 Å². The van der Waals surface area contributed by atoms with Gasteiger partial charge in [0.2, 0.25) is 0 Å². The number of benzene rings is 1. The summed E-state index contributed by atoms with van der Waals surface area (Å²) < 4.78 is 0. The van der Waals surface area contributed by atoms with Crippen LogP contribution in [0.5, 0.6) is 11.5 Å². The van der Waals surface area contributed by atoms with Crippen LogP contribution in [0.4, 0.5) is 0 Å². The lowest BCUT2D eigenvalue weighted by Crippen LogP contribution is -1.74. The molecule has 3 heteroatoms. The molecule has 66 valence electrons. The molecule has 0 bridgehead atoms. The third-order valence-corrected chi connectivity index (χ3v) is 1.10. The molecule has 0 saturated heterocycles. The van der Waals surface area contributed by atoms with E-state index in [1.807, 2.05) is 0 Å². The maximum atomic E-state index is 8.90. The zero-order chi connectivity index (χ0) is 7.56. The largest absolute Gasteiger partial charge is 0.508 e. The lowest BCUT2D eigenvalue weighted by Gasteiger charge is -1.94. The molecule has 0 aliphatic rings. The maximum Gasteiger partial charge on any atom is 0.133 e. The smallest absolute Gasteiger partial charge is 0.133 e. The highest BCUT2D eigenvalue weighted by atomic mass is 16.3. The van der Waals surface area contributed by atoms with E-state index in [-0.39, 0.29) is 31.9 Å². The van der Waals surface area contributed by atoms with Gasteiger partial charge in [-0.2, -0.15) is 5.26 Å². The van der Waals surface area contributed by atoms with Crippen molar-refractivity contribution < 1.29 is 10.2 Å². The SMILES string of the molecule is C.C.N#Cc1cc(O)ccc1O. The molecule has 2 N–H and O–H groups in total. The van der Waals surface area contributed by atoms with E-state index >= 15 is 0 Å². The summed E-state index contributed by atoms with van der Waals surface area (Å²) >= 11 is 0. The Morgan fingerprint density at radius 1 is 1.17 bits per heavy atom.